The molecule has 1 unspecified atom stereocenters. The summed E-state index contributed by atoms with van der Waals surface area (Å²) in [5.41, 5.74) is 0. The number of rotatable bonds is 61. The second kappa shape index (κ2) is 66.8. The first-order chi connectivity index (χ1) is 39.0. The van der Waals surface area contributed by atoms with Gasteiger partial charge < -0.3 is 14.2 Å². The van der Waals surface area contributed by atoms with Crippen LogP contribution in [0.5, 0.6) is 0 Å². The Morgan fingerprint density at radius 3 is 0.810 bits per heavy atom. The highest BCUT2D eigenvalue weighted by atomic mass is 16.6. The summed E-state index contributed by atoms with van der Waals surface area (Å²) in [6, 6.07) is 0. The lowest BCUT2D eigenvalue weighted by Crippen LogP contribution is -2.30. The lowest BCUT2D eigenvalue weighted by atomic mass is 10.0. The van der Waals surface area contributed by atoms with Crippen LogP contribution in [-0.2, 0) is 28.6 Å². The minimum absolute atomic E-state index is 0.0761. The molecule has 0 heterocycles. The van der Waals surface area contributed by atoms with Crippen LogP contribution in [0.2, 0.25) is 0 Å². The molecule has 0 bridgehead atoms. The first kappa shape index (κ1) is 75.3. The van der Waals surface area contributed by atoms with Gasteiger partial charge in [0.15, 0.2) is 6.10 Å². The molecule has 0 aliphatic heterocycles. The topological polar surface area (TPSA) is 78.9 Å². The molecule has 0 aromatic carbocycles. The lowest BCUT2D eigenvalue weighted by Gasteiger charge is -2.18. The first-order valence-electron chi connectivity index (χ1n) is 33.7. The summed E-state index contributed by atoms with van der Waals surface area (Å²) in [4.78, 5) is 38.2. The molecule has 0 fully saturated rings. The summed E-state index contributed by atoms with van der Waals surface area (Å²) in [7, 11) is 0. The summed E-state index contributed by atoms with van der Waals surface area (Å²) >= 11 is 0. The highest BCUT2D eigenvalue weighted by Crippen LogP contribution is 2.17. The fourth-order valence-electron chi connectivity index (χ4n) is 9.54. The minimum atomic E-state index is -0.778. The minimum Gasteiger partial charge on any atom is -0.462 e. The molecule has 0 aromatic rings. The Morgan fingerprint density at radius 1 is 0.266 bits per heavy atom. The van der Waals surface area contributed by atoms with Gasteiger partial charge in [0.25, 0.3) is 0 Å². The van der Waals surface area contributed by atoms with E-state index in [9.17, 15) is 14.4 Å². The number of carbonyl (C=O) groups excluding carboxylic acids is 3. The Labute approximate surface area is 489 Å². The summed E-state index contributed by atoms with van der Waals surface area (Å²) in [5, 5.41) is 0. The van der Waals surface area contributed by atoms with Gasteiger partial charge in [0.2, 0.25) is 0 Å². The maximum Gasteiger partial charge on any atom is 0.306 e. The summed E-state index contributed by atoms with van der Waals surface area (Å²) in [5.74, 6) is -0.872. The fraction of sp³-hybridized carbons (Fsp3) is 0.740. The summed E-state index contributed by atoms with van der Waals surface area (Å²) in [6.07, 6.45) is 90.0. The highest BCUT2D eigenvalue weighted by Gasteiger charge is 2.19. The van der Waals surface area contributed by atoms with Crippen molar-refractivity contribution >= 4 is 17.9 Å². The number of carbonyl (C=O) groups is 3. The normalized spacial score (nSPS) is 12.7. The molecule has 0 aromatic heterocycles. The molecule has 0 aliphatic carbocycles. The smallest absolute Gasteiger partial charge is 0.306 e. The Hall–Kier alpha value is -3.67. The van der Waals surface area contributed by atoms with Gasteiger partial charge in [-0.1, -0.05) is 304 Å². The van der Waals surface area contributed by atoms with E-state index in [1.165, 1.54) is 180 Å². The van der Waals surface area contributed by atoms with Crippen molar-refractivity contribution in [1.82, 2.24) is 0 Å². The Kier molecular flexibility index (Phi) is 63.7. The van der Waals surface area contributed by atoms with Crippen LogP contribution in [0.25, 0.3) is 0 Å². The van der Waals surface area contributed by atoms with Gasteiger partial charge in [0.05, 0.1) is 0 Å². The molecular weight excluding hydrogens is 973 g/mol. The third-order valence-electron chi connectivity index (χ3n) is 14.6. The van der Waals surface area contributed by atoms with Gasteiger partial charge in [-0.2, -0.15) is 0 Å². The number of hydrogen-bond acceptors (Lipinski definition) is 6. The van der Waals surface area contributed by atoms with E-state index in [1.807, 2.05) is 0 Å². The molecule has 0 aliphatic rings. The van der Waals surface area contributed by atoms with E-state index in [2.05, 4.69) is 118 Å². The lowest BCUT2D eigenvalue weighted by molar-refractivity contribution is -0.167. The predicted octanol–water partition coefficient (Wildman–Crippen LogP) is 23.2. The number of ether oxygens (including phenoxy) is 3. The van der Waals surface area contributed by atoms with Crippen molar-refractivity contribution in [3.05, 3.63) is 97.2 Å². The van der Waals surface area contributed by atoms with Crippen molar-refractivity contribution in [2.75, 3.05) is 13.2 Å². The average Bonchev–Trinajstić information content (AvgIpc) is 3.45. The van der Waals surface area contributed by atoms with Gasteiger partial charge in [-0.3, -0.25) is 14.4 Å². The molecule has 454 valence electrons. The van der Waals surface area contributed by atoms with Crippen LogP contribution >= 0.6 is 0 Å². The summed E-state index contributed by atoms with van der Waals surface area (Å²) in [6.45, 7) is 6.52. The molecule has 6 nitrogen and oxygen atoms in total. The van der Waals surface area contributed by atoms with E-state index >= 15 is 0 Å². The molecule has 1 atom stereocenters. The first-order valence-corrected chi connectivity index (χ1v) is 33.7. The Balaban J connectivity index is 4.13. The third-order valence-corrected chi connectivity index (χ3v) is 14.6. The third kappa shape index (κ3) is 65.0. The molecule has 79 heavy (non-hydrogen) atoms. The SMILES string of the molecule is CC/C=C\C/C=C\C/C=C\C/C=C\C/C=C\C/C=C\C/C=C\CCCCCCCCCCCCCCCC(=O)OCC(COC(=O)CCCCCCC/C=C\CCCCC)OC(=O)CCCCCCCCCCCCCCCC. The van der Waals surface area contributed by atoms with Gasteiger partial charge >= 0.3 is 17.9 Å². The number of hydrogen-bond donors (Lipinski definition) is 0. The van der Waals surface area contributed by atoms with Crippen LogP contribution in [0.1, 0.15) is 329 Å². The van der Waals surface area contributed by atoms with Gasteiger partial charge in [-0.15, -0.1) is 0 Å². The van der Waals surface area contributed by atoms with E-state index in [0.29, 0.717) is 19.3 Å². The fourth-order valence-corrected chi connectivity index (χ4v) is 9.54. The van der Waals surface area contributed by atoms with Crippen LogP contribution in [0.4, 0.5) is 0 Å². The highest BCUT2D eigenvalue weighted by molar-refractivity contribution is 5.71. The second-order valence-corrected chi connectivity index (χ2v) is 22.4. The molecule has 6 heteroatoms. The molecule has 0 amide bonds. The number of esters is 3. The quantitative estimate of drug-likeness (QED) is 0.0261. The van der Waals surface area contributed by atoms with Crippen molar-refractivity contribution in [3.63, 3.8) is 0 Å². The zero-order valence-electron chi connectivity index (χ0n) is 52.1. The maximum atomic E-state index is 12.9. The molecule has 0 N–H and O–H groups in total. The monoisotopic (exact) mass is 1100 g/mol. The van der Waals surface area contributed by atoms with E-state index in [-0.39, 0.29) is 31.1 Å². The predicted molar refractivity (Wildman–Crippen MR) is 344 cm³/mol. The van der Waals surface area contributed by atoms with E-state index in [1.54, 1.807) is 0 Å². The summed E-state index contributed by atoms with van der Waals surface area (Å²) < 4.78 is 16.9. The van der Waals surface area contributed by atoms with Gasteiger partial charge in [0.1, 0.15) is 13.2 Å². The van der Waals surface area contributed by atoms with Crippen LogP contribution < -0.4 is 0 Å². The van der Waals surface area contributed by atoms with E-state index in [0.717, 1.165) is 109 Å². The van der Waals surface area contributed by atoms with Crippen molar-refractivity contribution in [2.45, 2.75) is 335 Å². The Bertz CT molecular complexity index is 1540. The van der Waals surface area contributed by atoms with Crippen molar-refractivity contribution in [1.29, 1.82) is 0 Å². The maximum absolute atomic E-state index is 12.9. The largest absolute Gasteiger partial charge is 0.462 e. The van der Waals surface area contributed by atoms with Crippen LogP contribution in [-0.4, -0.2) is 37.2 Å². The number of unbranched alkanes of at least 4 members (excludes halogenated alkanes) is 34. The van der Waals surface area contributed by atoms with Gasteiger partial charge in [0, 0.05) is 19.3 Å². The van der Waals surface area contributed by atoms with Crippen molar-refractivity contribution in [3.8, 4) is 0 Å². The molecule has 0 saturated carbocycles. The van der Waals surface area contributed by atoms with Crippen molar-refractivity contribution in [2.24, 2.45) is 0 Å². The van der Waals surface area contributed by atoms with Crippen LogP contribution in [0.15, 0.2) is 97.2 Å². The molecular formula is C73H126O6. The molecule has 0 saturated heterocycles. The van der Waals surface area contributed by atoms with Crippen LogP contribution in [0, 0.1) is 0 Å². The molecule has 0 spiro atoms. The van der Waals surface area contributed by atoms with Crippen LogP contribution in [0.3, 0.4) is 0 Å². The molecule has 0 radical (unpaired) electrons. The van der Waals surface area contributed by atoms with Crippen molar-refractivity contribution < 1.29 is 28.6 Å². The standard InChI is InChI=1S/C73H126O6/c1-4-7-10-13-16-19-22-25-27-28-29-30-31-32-33-34-35-36-37-38-39-40-41-42-43-44-45-46-47-49-51-54-57-60-63-66-72(75)78-69-70(68-77-71(74)65-62-59-56-53-50-24-21-18-15-12-9-6-3)79-73(76)67-64-61-58-55-52-48-26-23-20-17-14-11-8-5-2/h7,10,16,18-19,21,25,27,29-30,32-33,35-36,38-39,70H,4-6,8-9,11-15,17,20,22-24,26,28,31,34,37,40-69H2,1-3H3/b10-7-,19-16-,21-18-,27-25-,30-29-,33-32-,36-35-,39-38-. The Morgan fingerprint density at radius 2 is 0.494 bits per heavy atom. The second-order valence-electron chi connectivity index (χ2n) is 22.4. The zero-order chi connectivity index (χ0) is 57.1. The van der Waals surface area contributed by atoms with E-state index in [4.69, 9.17) is 14.2 Å². The zero-order valence-corrected chi connectivity index (χ0v) is 52.1. The number of allylic oxidation sites excluding steroid dienone is 16. The van der Waals surface area contributed by atoms with E-state index < -0.39 is 6.10 Å². The van der Waals surface area contributed by atoms with Gasteiger partial charge in [-0.05, 0) is 103 Å². The van der Waals surface area contributed by atoms with Gasteiger partial charge in [-0.25, -0.2) is 0 Å². The average molecular weight is 1100 g/mol. The molecule has 0 rings (SSSR count).